The highest BCUT2D eigenvalue weighted by molar-refractivity contribution is 4.76. The summed E-state index contributed by atoms with van der Waals surface area (Å²) in [4.78, 5) is 2.54. The van der Waals surface area contributed by atoms with E-state index in [-0.39, 0.29) is 0 Å². The average Bonchev–Trinajstić information content (AvgIpc) is 2.18. The summed E-state index contributed by atoms with van der Waals surface area (Å²) in [5.74, 6) is 0.962. The Morgan fingerprint density at radius 1 is 1.20 bits per heavy atom. The number of rotatable bonds is 5. The standard InChI is InChI=1S/C13H28N2/c1-11(2)14-9-10-15(4)13-7-5-12(3)6-8-13/h11-14H,5-10H2,1-4H3. The number of hydrogen-bond donors (Lipinski definition) is 1. The lowest BCUT2D eigenvalue weighted by Crippen LogP contribution is -2.40. The number of nitrogens with one attached hydrogen (secondary N) is 1. The molecule has 0 radical (unpaired) electrons. The van der Waals surface area contributed by atoms with E-state index in [4.69, 9.17) is 0 Å². The Morgan fingerprint density at radius 3 is 2.33 bits per heavy atom. The van der Waals surface area contributed by atoms with Crippen molar-refractivity contribution in [1.82, 2.24) is 10.2 Å². The van der Waals surface area contributed by atoms with E-state index >= 15 is 0 Å². The van der Waals surface area contributed by atoms with Crippen LogP contribution in [0.3, 0.4) is 0 Å². The molecule has 1 saturated carbocycles. The van der Waals surface area contributed by atoms with Crippen molar-refractivity contribution in [2.75, 3.05) is 20.1 Å². The van der Waals surface area contributed by atoms with Gasteiger partial charge in [-0.25, -0.2) is 0 Å². The van der Waals surface area contributed by atoms with Gasteiger partial charge in [0.2, 0.25) is 0 Å². The second-order valence-corrected chi connectivity index (χ2v) is 5.50. The molecule has 2 heteroatoms. The first kappa shape index (κ1) is 13.0. The zero-order valence-corrected chi connectivity index (χ0v) is 10.9. The maximum atomic E-state index is 3.48. The first-order valence-corrected chi connectivity index (χ1v) is 6.53. The van der Waals surface area contributed by atoms with E-state index in [0.717, 1.165) is 18.5 Å². The van der Waals surface area contributed by atoms with Crippen LogP contribution in [0.2, 0.25) is 0 Å². The minimum absolute atomic E-state index is 0.616. The Hall–Kier alpha value is -0.0800. The van der Waals surface area contributed by atoms with E-state index in [1.54, 1.807) is 0 Å². The fourth-order valence-electron chi connectivity index (χ4n) is 2.40. The van der Waals surface area contributed by atoms with Crippen LogP contribution in [0.15, 0.2) is 0 Å². The monoisotopic (exact) mass is 212 g/mol. The van der Waals surface area contributed by atoms with Crippen molar-refractivity contribution in [3.05, 3.63) is 0 Å². The van der Waals surface area contributed by atoms with Gasteiger partial charge in [0, 0.05) is 25.2 Å². The van der Waals surface area contributed by atoms with E-state index in [1.807, 2.05) is 0 Å². The highest BCUT2D eigenvalue weighted by Gasteiger charge is 2.20. The predicted octanol–water partition coefficient (Wildman–Crippen LogP) is 2.49. The zero-order chi connectivity index (χ0) is 11.3. The minimum Gasteiger partial charge on any atom is -0.313 e. The van der Waals surface area contributed by atoms with Crippen molar-refractivity contribution in [1.29, 1.82) is 0 Å². The molecular formula is C13H28N2. The Balaban J connectivity index is 2.13. The fraction of sp³-hybridized carbons (Fsp3) is 1.00. The normalized spacial score (nSPS) is 27.6. The van der Waals surface area contributed by atoms with E-state index in [9.17, 15) is 0 Å². The van der Waals surface area contributed by atoms with Crippen molar-refractivity contribution in [3.8, 4) is 0 Å². The summed E-state index contributed by atoms with van der Waals surface area (Å²) < 4.78 is 0. The molecule has 0 aromatic rings. The third kappa shape index (κ3) is 4.98. The molecule has 0 unspecified atom stereocenters. The predicted molar refractivity (Wildman–Crippen MR) is 67.2 cm³/mol. The molecule has 1 fully saturated rings. The first-order valence-electron chi connectivity index (χ1n) is 6.53. The second kappa shape index (κ2) is 6.49. The molecule has 0 bridgehead atoms. The molecule has 0 spiro atoms. The minimum atomic E-state index is 0.616. The van der Waals surface area contributed by atoms with Crippen LogP contribution in [0, 0.1) is 5.92 Å². The first-order chi connectivity index (χ1) is 7.09. The number of likely N-dealkylation sites (N-methyl/N-ethyl adjacent to an activating group) is 1. The van der Waals surface area contributed by atoms with Crippen molar-refractivity contribution in [2.24, 2.45) is 5.92 Å². The Kier molecular flexibility index (Phi) is 5.62. The third-order valence-electron chi connectivity index (χ3n) is 3.63. The lowest BCUT2D eigenvalue weighted by atomic mass is 9.87. The lowest BCUT2D eigenvalue weighted by molar-refractivity contribution is 0.170. The summed E-state index contributed by atoms with van der Waals surface area (Å²) in [6.45, 7) is 9.12. The highest BCUT2D eigenvalue weighted by atomic mass is 15.1. The third-order valence-corrected chi connectivity index (χ3v) is 3.63. The van der Waals surface area contributed by atoms with Gasteiger partial charge in [0.1, 0.15) is 0 Å². The van der Waals surface area contributed by atoms with Crippen molar-refractivity contribution in [2.45, 2.75) is 58.5 Å². The van der Waals surface area contributed by atoms with Crippen LogP contribution < -0.4 is 5.32 Å². The van der Waals surface area contributed by atoms with E-state index in [1.165, 1.54) is 32.2 Å². The molecule has 1 aliphatic carbocycles. The van der Waals surface area contributed by atoms with Crippen molar-refractivity contribution >= 4 is 0 Å². The molecule has 0 aromatic carbocycles. The van der Waals surface area contributed by atoms with E-state index in [0.29, 0.717) is 6.04 Å². The highest BCUT2D eigenvalue weighted by Crippen LogP contribution is 2.26. The van der Waals surface area contributed by atoms with Crippen LogP contribution in [-0.2, 0) is 0 Å². The van der Waals surface area contributed by atoms with Gasteiger partial charge in [0.15, 0.2) is 0 Å². The van der Waals surface area contributed by atoms with Crippen molar-refractivity contribution in [3.63, 3.8) is 0 Å². The summed E-state index contributed by atoms with van der Waals surface area (Å²) in [5.41, 5.74) is 0. The number of nitrogens with zero attached hydrogens (tertiary/aromatic N) is 1. The number of hydrogen-bond acceptors (Lipinski definition) is 2. The zero-order valence-electron chi connectivity index (χ0n) is 10.9. The van der Waals surface area contributed by atoms with Gasteiger partial charge in [-0.2, -0.15) is 0 Å². The smallest absolute Gasteiger partial charge is 0.0107 e. The quantitative estimate of drug-likeness (QED) is 0.753. The molecule has 1 rings (SSSR count). The Bertz CT molecular complexity index is 160. The van der Waals surface area contributed by atoms with Gasteiger partial charge in [-0.3, -0.25) is 0 Å². The average molecular weight is 212 g/mol. The Labute approximate surface area is 95.4 Å². The van der Waals surface area contributed by atoms with Crippen LogP contribution in [-0.4, -0.2) is 37.1 Å². The van der Waals surface area contributed by atoms with Crippen LogP contribution in [0.1, 0.15) is 46.5 Å². The molecular weight excluding hydrogens is 184 g/mol. The maximum absolute atomic E-state index is 3.48. The second-order valence-electron chi connectivity index (χ2n) is 5.50. The molecule has 90 valence electrons. The lowest BCUT2D eigenvalue weighted by Gasteiger charge is -2.33. The van der Waals surface area contributed by atoms with Gasteiger partial charge in [0.25, 0.3) is 0 Å². The molecule has 2 nitrogen and oxygen atoms in total. The summed E-state index contributed by atoms with van der Waals surface area (Å²) in [7, 11) is 2.28. The van der Waals surface area contributed by atoms with Gasteiger partial charge in [-0.05, 0) is 38.6 Å². The molecule has 1 aliphatic rings. The summed E-state index contributed by atoms with van der Waals surface area (Å²) in [5, 5.41) is 3.48. The van der Waals surface area contributed by atoms with E-state index in [2.05, 4.69) is 38.0 Å². The van der Waals surface area contributed by atoms with Crippen LogP contribution in [0.5, 0.6) is 0 Å². The molecule has 0 amide bonds. The van der Waals surface area contributed by atoms with Gasteiger partial charge in [-0.1, -0.05) is 20.8 Å². The Morgan fingerprint density at radius 2 is 1.80 bits per heavy atom. The molecule has 0 aromatic heterocycles. The fourth-order valence-corrected chi connectivity index (χ4v) is 2.40. The van der Waals surface area contributed by atoms with Crippen molar-refractivity contribution < 1.29 is 0 Å². The summed E-state index contributed by atoms with van der Waals surface area (Å²) in [6.07, 6.45) is 5.65. The van der Waals surface area contributed by atoms with Crippen LogP contribution >= 0.6 is 0 Å². The largest absolute Gasteiger partial charge is 0.313 e. The molecule has 0 heterocycles. The van der Waals surface area contributed by atoms with Gasteiger partial charge in [-0.15, -0.1) is 0 Å². The topological polar surface area (TPSA) is 15.3 Å². The molecule has 0 saturated heterocycles. The molecule has 0 atom stereocenters. The summed E-state index contributed by atoms with van der Waals surface area (Å²) >= 11 is 0. The van der Waals surface area contributed by atoms with Gasteiger partial charge in [0.05, 0.1) is 0 Å². The molecule has 1 N–H and O–H groups in total. The SMILES string of the molecule is CC1CCC(N(C)CCNC(C)C)CC1. The summed E-state index contributed by atoms with van der Waals surface area (Å²) in [6, 6.07) is 1.46. The van der Waals surface area contributed by atoms with Gasteiger partial charge < -0.3 is 10.2 Å². The maximum Gasteiger partial charge on any atom is 0.0107 e. The van der Waals surface area contributed by atoms with Crippen LogP contribution in [0.4, 0.5) is 0 Å². The molecule has 0 aliphatic heterocycles. The van der Waals surface area contributed by atoms with E-state index < -0.39 is 0 Å². The van der Waals surface area contributed by atoms with Crippen LogP contribution in [0.25, 0.3) is 0 Å². The van der Waals surface area contributed by atoms with Gasteiger partial charge >= 0.3 is 0 Å². The molecule has 15 heavy (non-hydrogen) atoms.